The number of furan rings is 1. The van der Waals surface area contributed by atoms with Crippen LogP contribution in [0.5, 0.6) is 0 Å². The van der Waals surface area contributed by atoms with Gasteiger partial charge in [0.2, 0.25) is 0 Å². The molecular formula is C20H31IN4O2. The SMILES string of the molecule is CCNC(=NCc1cccc(N(C)C)c1)NCCCOCc1ccco1.I. The molecule has 1 heterocycles. The molecule has 0 saturated carbocycles. The Kier molecular flexibility index (Phi) is 11.6. The number of nitrogens with one attached hydrogen (secondary N) is 2. The van der Waals surface area contributed by atoms with Crippen LogP contribution < -0.4 is 15.5 Å². The second-order valence-corrected chi connectivity index (χ2v) is 6.17. The number of aliphatic imine (C=N–C) groups is 1. The monoisotopic (exact) mass is 486 g/mol. The quantitative estimate of drug-likeness (QED) is 0.233. The van der Waals surface area contributed by atoms with Gasteiger partial charge in [0.15, 0.2) is 5.96 Å². The summed E-state index contributed by atoms with van der Waals surface area (Å²) >= 11 is 0. The van der Waals surface area contributed by atoms with Gasteiger partial charge in [-0.15, -0.1) is 24.0 Å². The predicted molar refractivity (Wildman–Crippen MR) is 122 cm³/mol. The van der Waals surface area contributed by atoms with Gasteiger partial charge in [-0.3, -0.25) is 0 Å². The van der Waals surface area contributed by atoms with Crippen molar-refractivity contribution < 1.29 is 9.15 Å². The van der Waals surface area contributed by atoms with Gasteiger partial charge in [0.1, 0.15) is 12.4 Å². The number of ether oxygens (including phenoxy) is 1. The molecule has 0 spiro atoms. The van der Waals surface area contributed by atoms with E-state index in [2.05, 4.69) is 51.7 Å². The Hall–Kier alpha value is -1.74. The molecule has 0 aliphatic carbocycles. The highest BCUT2D eigenvalue weighted by Crippen LogP contribution is 2.13. The van der Waals surface area contributed by atoms with E-state index in [1.807, 2.05) is 26.2 Å². The first-order valence-corrected chi connectivity index (χ1v) is 9.07. The standard InChI is InChI=1S/C20H30N4O2.HI/c1-4-21-20(22-11-7-12-25-16-19-10-6-13-26-19)23-15-17-8-5-9-18(14-17)24(2)3;/h5-6,8-10,13-14H,4,7,11-12,15-16H2,1-3H3,(H2,21,22,23);1H. The lowest BCUT2D eigenvalue weighted by atomic mass is 10.2. The maximum Gasteiger partial charge on any atom is 0.191 e. The molecule has 0 atom stereocenters. The van der Waals surface area contributed by atoms with Crippen LogP contribution in [0.15, 0.2) is 52.1 Å². The lowest BCUT2D eigenvalue weighted by molar-refractivity contribution is 0.105. The largest absolute Gasteiger partial charge is 0.467 e. The van der Waals surface area contributed by atoms with Crippen LogP contribution in [0.25, 0.3) is 0 Å². The number of benzene rings is 1. The minimum atomic E-state index is 0. The summed E-state index contributed by atoms with van der Waals surface area (Å²) in [6.07, 6.45) is 2.56. The minimum absolute atomic E-state index is 0. The van der Waals surface area contributed by atoms with E-state index in [9.17, 15) is 0 Å². The summed E-state index contributed by atoms with van der Waals surface area (Å²) < 4.78 is 10.8. The van der Waals surface area contributed by atoms with Crippen molar-refractivity contribution in [1.82, 2.24) is 10.6 Å². The first-order valence-electron chi connectivity index (χ1n) is 9.07. The van der Waals surface area contributed by atoms with Crippen LogP contribution in [0.1, 0.15) is 24.7 Å². The number of guanidine groups is 1. The summed E-state index contributed by atoms with van der Waals surface area (Å²) in [6.45, 7) is 5.55. The number of rotatable bonds is 10. The summed E-state index contributed by atoms with van der Waals surface area (Å²) in [4.78, 5) is 6.76. The normalized spacial score (nSPS) is 11.0. The van der Waals surface area contributed by atoms with Gasteiger partial charge < -0.3 is 24.7 Å². The molecule has 27 heavy (non-hydrogen) atoms. The molecule has 1 aromatic carbocycles. The van der Waals surface area contributed by atoms with Gasteiger partial charge in [-0.25, -0.2) is 4.99 Å². The highest BCUT2D eigenvalue weighted by atomic mass is 127. The van der Waals surface area contributed by atoms with Crippen molar-refractivity contribution >= 4 is 35.6 Å². The van der Waals surface area contributed by atoms with Crippen molar-refractivity contribution in [3.05, 3.63) is 54.0 Å². The van der Waals surface area contributed by atoms with Crippen LogP contribution in [0.4, 0.5) is 5.69 Å². The van der Waals surface area contributed by atoms with Gasteiger partial charge in [-0.2, -0.15) is 0 Å². The Morgan fingerprint density at radius 3 is 2.74 bits per heavy atom. The maximum absolute atomic E-state index is 5.59. The van der Waals surface area contributed by atoms with Gasteiger partial charge in [0.05, 0.1) is 12.8 Å². The highest BCUT2D eigenvalue weighted by molar-refractivity contribution is 14.0. The van der Waals surface area contributed by atoms with E-state index in [-0.39, 0.29) is 24.0 Å². The lowest BCUT2D eigenvalue weighted by Crippen LogP contribution is -2.38. The molecule has 0 bridgehead atoms. The smallest absolute Gasteiger partial charge is 0.191 e. The van der Waals surface area contributed by atoms with E-state index < -0.39 is 0 Å². The molecule has 0 aliphatic heterocycles. The molecule has 0 aliphatic rings. The van der Waals surface area contributed by atoms with Crippen molar-refractivity contribution in [3.63, 3.8) is 0 Å². The molecule has 0 amide bonds. The Balaban J connectivity index is 0.00000364. The zero-order chi connectivity index (χ0) is 18.6. The third kappa shape index (κ3) is 9.14. The van der Waals surface area contributed by atoms with Crippen LogP contribution in [0, 0.1) is 0 Å². The molecule has 150 valence electrons. The Morgan fingerprint density at radius 2 is 2.04 bits per heavy atom. The minimum Gasteiger partial charge on any atom is -0.467 e. The Labute approximate surface area is 179 Å². The van der Waals surface area contributed by atoms with Crippen molar-refractivity contribution in [1.29, 1.82) is 0 Å². The maximum atomic E-state index is 5.59. The van der Waals surface area contributed by atoms with Crippen LogP contribution in [0.2, 0.25) is 0 Å². The molecule has 7 heteroatoms. The van der Waals surface area contributed by atoms with Gasteiger partial charge in [-0.05, 0) is 43.2 Å². The summed E-state index contributed by atoms with van der Waals surface area (Å²) in [5.41, 5.74) is 2.37. The topological polar surface area (TPSA) is 62.0 Å². The summed E-state index contributed by atoms with van der Waals surface area (Å²) in [5, 5.41) is 6.62. The van der Waals surface area contributed by atoms with Crippen molar-refractivity contribution in [2.24, 2.45) is 4.99 Å². The second kappa shape index (κ2) is 13.4. The van der Waals surface area contributed by atoms with Crippen LogP contribution >= 0.6 is 24.0 Å². The fourth-order valence-corrected chi connectivity index (χ4v) is 2.39. The third-order valence-corrected chi connectivity index (χ3v) is 3.77. The Morgan fingerprint density at radius 1 is 1.19 bits per heavy atom. The number of hydrogen-bond donors (Lipinski definition) is 2. The fraction of sp³-hybridized carbons (Fsp3) is 0.450. The average molecular weight is 486 g/mol. The molecule has 0 radical (unpaired) electrons. The van der Waals surface area contributed by atoms with E-state index >= 15 is 0 Å². The van der Waals surface area contributed by atoms with Crippen molar-refractivity contribution in [2.45, 2.75) is 26.5 Å². The number of nitrogens with zero attached hydrogens (tertiary/aromatic N) is 2. The van der Waals surface area contributed by atoms with Crippen molar-refractivity contribution in [3.8, 4) is 0 Å². The lowest BCUT2D eigenvalue weighted by Gasteiger charge is -2.14. The van der Waals surface area contributed by atoms with Crippen molar-refractivity contribution in [2.75, 3.05) is 38.7 Å². The zero-order valence-corrected chi connectivity index (χ0v) is 18.7. The molecule has 2 N–H and O–H groups in total. The average Bonchev–Trinajstić information content (AvgIpc) is 3.16. The van der Waals surface area contributed by atoms with E-state index in [0.717, 1.165) is 31.2 Å². The van der Waals surface area contributed by atoms with E-state index in [0.29, 0.717) is 19.8 Å². The predicted octanol–water partition coefficient (Wildman–Crippen LogP) is 3.63. The van der Waals surface area contributed by atoms with E-state index in [1.54, 1.807) is 6.26 Å². The molecule has 2 aromatic rings. The zero-order valence-electron chi connectivity index (χ0n) is 16.4. The van der Waals surface area contributed by atoms with Crippen LogP contribution in [0.3, 0.4) is 0 Å². The number of halogens is 1. The van der Waals surface area contributed by atoms with Crippen LogP contribution in [-0.2, 0) is 17.9 Å². The molecule has 6 nitrogen and oxygen atoms in total. The molecule has 2 rings (SSSR count). The first kappa shape index (κ1) is 23.3. The molecule has 1 aromatic heterocycles. The summed E-state index contributed by atoms with van der Waals surface area (Å²) in [7, 11) is 4.09. The van der Waals surface area contributed by atoms with E-state index in [1.165, 1.54) is 11.3 Å². The Bertz CT molecular complexity index is 660. The fourth-order valence-electron chi connectivity index (χ4n) is 2.39. The van der Waals surface area contributed by atoms with E-state index in [4.69, 9.17) is 9.15 Å². The molecular weight excluding hydrogens is 455 g/mol. The molecule has 0 saturated heterocycles. The highest BCUT2D eigenvalue weighted by Gasteiger charge is 2.00. The number of anilines is 1. The third-order valence-electron chi connectivity index (χ3n) is 3.77. The van der Waals surface area contributed by atoms with Gasteiger partial charge >= 0.3 is 0 Å². The van der Waals surface area contributed by atoms with Gasteiger partial charge in [-0.1, -0.05) is 12.1 Å². The van der Waals surface area contributed by atoms with Gasteiger partial charge in [0.25, 0.3) is 0 Å². The molecule has 0 unspecified atom stereocenters. The number of hydrogen-bond acceptors (Lipinski definition) is 4. The molecule has 0 fully saturated rings. The second-order valence-electron chi connectivity index (χ2n) is 6.17. The van der Waals surface area contributed by atoms with Crippen LogP contribution in [-0.4, -0.2) is 39.8 Å². The summed E-state index contributed by atoms with van der Waals surface area (Å²) in [6, 6.07) is 12.2. The first-order chi connectivity index (χ1) is 12.7. The summed E-state index contributed by atoms with van der Waals surface area (Å²) in [5.74, 6) is 1.68. The van der Waals surface area contributed by atoms with Gasteiger partial charge in [0, 0.05) is 39.5 Å².